The van der Waals surface area contributed by atoms with Crippen LogP contribution >= 0.6 is 0 Å². The highest BCUT2D eigenvalue weighted by molar-refractivity contribution is 6.09. The van der Waals surface area contributed by atoms with Crippen molar-refractivity contribution < 1.29 is 22.8 Å². The van der Waals surface area contributed by atoms with E-state index in [1.165, 1.54) is 29.5 Å². The number of alkyl halides is 3. The summed E-state index contributed by atoms with van der Waals surface area (Å²) in [6.07, 6.45) is -1.72. The molecule has 0 unspecified atom stereocenters. The first kappa shape index (κ1) is 19.6. The van der Waals surface area contributed by atoms with E-state index in [2.05, 4.69) is 20.7 Å². The average molecular weight is 415 g/mol. The van der Waals surface area contributed by atoms with E-state index in [0.29, 0.717) is 11.4 Å². The fourth-order valence-electron chi connectivity index (χ4n) is 3.50. The van der Waals surface area contributed by atoms with Crippen LogP contribution in [-0.4, -0.2) is 33.1 Å². The van der Waals surface area contributed by atoms with Gasteiger partial charge in [0.25, 0.3) is 0 Å². The number of nitrogens with one attached hydrogen (secondary N) is 2. The summed E-state index contributed by atoms with van der Waals surface area (Å²) in [5, 5.41) is 9.31. The molecule has 2 amide bonds. The Bertz CT molecular complexity index is 1080. The van der Waals surface area contributed by atoms with E-state index in [1.54, 1.807) is 24.3 Å². The number of benzene rings is 2. The SMILES string of the molecule is O=C1NC[C@H](c2cccc(C(F)(F)F)c2)[C@H]1C(=O)Nc1ccccc1-n1cncn1. The Hall–Kier alpha value is -3.69. The zero-order chi connectivity index (χ0) is 21.3. The van der Waals surface area contributed by atoms with Gasteiger partial charge < -0.3 is 10.6 Å². The van der Waals surface area contributed by atoms with Crippen molar-refractivity contribution in [3.05, 3.63) is 72.3 Å². The van der Waals surface area contributed by atoms with Crippen molar-refractivity contribution in [1.82, 2.24) is 20.1 Å². The van der Waals surface area contributed by atoms with E-state index in [-0.39, 0.29) is 12.1 Å². The molecule has 2 atom stereocenters. The summed E-state index contributed by atoms with van der Waals surface area (Å²) in [6.45, 7) is 0.0724. The summed E-state index contributed by atoms with van der Waals surface area (Å²) in [4.78, 5) is 29.2. The van der Waals surface area contributed by atoms with E-state index < -0.39 is 35.4 Å². The number of halogens is 3. The van der Waals surface area contributed by atoms with Crippen molar-refractivity contribution in [3.63, 3.8) is 0 Å². The highest BCUT2D eigenvalue weighted by atomic mass is 19.4. The molecule has 0 aliphatic carbocycles. The predicted octanol–water partition coefficient (Wildman–Crippen LogP) is 2.75. The van der Waals surface area contributed by atoms with Crippen LogP contribution < -0.4 is 10.6 Å². The summed E-state index contributed by atoms with van der Waals surface area (Å²) in [5.74, 6) is -3.04. The maximum atomic E-state index is 13.1. The highest BCUT2D eigenvalue weighted by Gasteiger charge is 2.42. The molecule has 30 heavy (non-hydrogen) atoms. The van der Waals surface area contributed by atoms with Gasteiger partial charge in [0.1, 0.15) is 18.6 Å². The molecule has 1 saturated heterocycles. The minimum atomic E-state index is -4.51. The molecule has 2 N–H and O–H groups in total. The Balaban J connectivity index is 1.62. The first-order valence-electron chi connectivity index (χ1n) is 9.04. The smallest absolute Gasteiger partial charge is 0.355 e. The molecule has 0 saturated carbocycles. The molecule has 3 aromatic rings. The Morgan fingerprint density at radius 1 is 1.17 bits per heavy atom. The maximum absolute atomic E-state index is 13.1. The largest absolute Gasteiger partial charge is 0.416 e. The number of rotatable bonds is 4. The molecule has 0 bridgehead atoms. The van der Waals surface area contributed by atoms with Crippen LogP contribution in [0.2, 0.25) is 0 Å². The quantitative estimate of drug-likeness (QED) is 0.642. The van der Waals surface area contributed by atoms with Crippen LogP contribution in [0.3, 0.4) is 0 Å². The molecule has 0 spiro atoms. The van der Waals surface area contributed by atoms with Gasteiger partial charge in [-0.25, -0.2) is 9.67 Å². The van der Waals surface area contributed by atoms with Gasteiger partial charge in [0.05, 0.1) is 16.9 Å². The average Bonchev–Trinajstić information content (AvgIpc) is 3.38. The van der Waals surface area contributed by atoms with E-state index in [0.717, 1.165) is 12.1 Å². The van der Waals surface area contributed by atoms with Crippen LogP contribution in [0.4, 0.5) is 18.9 Å². The second-order valence-electron chi connectivity index (χ2n) is 6.80. The van der Waals surface area contributed by atoms with Gasteiger partial charge in [-0.2, -0.15) is 18.3 Å². The number of para-hydroxylation sites is 2. The standard InChI is InChI=1S/C20H16F3N5O2/c21-20(22,23)13-5-3-4-12(8-13)14-9-25-18(29)17(14)19(30)27-15-6-1-2-7-16(15)28-11-24-10-26-28/h1-8,10-11,14,17H,9H2,(H,25,29)(H,27,30)/t14-,17-/m1/s1. The van der Waals surface area contributed by atoms with Gasteiger partial charge in [0.2, 0.25) is 11.8 Å². The lowest BCUT2D eigenvalue weighted by atomic mass is 9.87. The van der Waals surface area contributed by atoms with Crippen molar-refractivity contribution in [2.24, 2.45) is 5.92 Å². The molecule has 10 heteroatoms. The summed E-state index contributed by atoms with van der Waals surface area (Å²) >= 11 is 0. The number of anilines is 1. The third kappa shape index (κ3) is 3.76. The molecule has 2 heterocycles. The first-order chi connectivity index (χ1) is 14.3. The molecule has 4 rings (SSSR count). The third-order valence-electron chi connectivity index (χ3n) is 4.93. The Morgan fingerprint density at radius 3 is 2.70 bits per heavy atom. The van der Waals surface area contributed by atoms with E-state index in [1.807, 2.05) is 0 Å². The van der Waals surface area contributed by atoms with E-state index in [9.17, 15) is 22.8 Å². The van der Waals surface area contributed by atoms with Crippen LogP contribution in [0.15, 0.2) is 61.2 Å². The van der Waals surface area contributed by atoms with Crippen LogP contribution in [0, 0.1) is 5.92 Å². The maximum Gasteiger partial charge on any atom is 0.416 e. The van der Waals surface area contributed by atoms with Crippen molar-refractivity contribution >= 4 is 17.5 Å². The third-order valence-corrected chi connectivity index (χ3v) is 4.93. The summed E-state index contributed by atoms with van der Waals surface area (Å²) in [7, 11) is 0. The first-order valence-corrected chi connectivity index (χ1v) is 9.04. The topological polar surface area (TPSA) is 88.9 Å². The molecular formula is C20H16F3N5O2. The van der Waals surface area contributed by atoms with Gasteiger partial charge in [0, 0.05) is 12.5 Å². The fourth-order valence-corrected chi connectivity index (χ4v) is 3.50. The number of amides is 2. The molecule has 1 aliphatic rings. The van der Waals surface area contributed by atoms with Gasteiger partial charge in [-0.3, -0.25) is 9.59 Å². The van der Waals surface area contributed by atoms with Gasteiger partial charge in [-0.15, -0.1) is 0 Å². The lowest BCUT2D eigenvalue weighted by Gasteiger charge is -2.19. The van der Waals surface area contributed by atoms with Gasteiger partial charge in [-0.1, -0.05) is 30.3 Å². The van der Waals surface area contributed by atoms with E-state index in [4.69, 9.17) is 0 Å². The molecule has 1 aromatic heterocycles. The summed E-state index contributed by atoms with van der Waals surface area (Å²) in [6, 6.07) is 11.5. The van der Waals surface area contributed by atoms with Crippen LogP contribution in [-0.2, 0) is 15.8 Å². The lowest BCUT2D eigenvalue weighted by Crippen LogP contribution is -2.32. The monoisotopic (exact) mass is 415 g/mol. The minimum Gasteiger partial charge on any atom is -0.355 e. The van der Waals surface area contributed by atoms with E-state index >= 15 is 0 Å². The van der Waals surface area contributed by atoms with Gasteiger partial charge >= 0.3 is 6.18 Å². The highest BCUT2D eigenvalue weighted by Crippen LogP contribution is 2.35. The van der Waals surface area contributed by atoms with Crippen molar-refractivity contribution in [1.29, 1.82) is 0 Å². The minimum absolute atomic E-state index is 0.0724. The normalized spacial score (nSPS) is 18.8. The molecule has 0 radical (unpaired) electrons. The molecule has 7 nitrogen and oxygen atoms in total. The zero-order valence-corrected chi connectivity index (χ0v) is 15.4. The Kier molecular flexibility index (Phi) is 4.98. The summed E-state index contributed by atoms with van der Waals surface area (Å²) in [5.41, 5.74) is 0.385. The molecule has 1 aliphatic heterocycles. The van der Waals surface area contributed by atoms with Crippen LogP contribution in [0.25, 0.3) is 5.69 Å². The van der Waals surface area contributed by atoms with Crippen LogP contribution in [0.5, 0.6) is 0 Å². The number of hydrogen-bond donors (Lipinski definition) is 2. The van der Waals surface area contributed by atoms with Crippen molar-refractivity contribution in [2.45, 2.75) is 12.1 Å². The van der Waals surface area contributed by atoms with Gasteiger partial charge in [-0.05, 0) is 23.8 Å². The van der Waals surface area contributed by atoms with Crippen molar-refractivity contribution in [3.8, 4) is 5.69 Å². The molecular weight excluding hydrogens is 399 g/mol. The molecule has 2 aromatic carbocycles. The fraction of sp³-hybridized carbons (Fsp3) is 0.200. The number of hydrogen-bond acceptors (Lipinski definition) is 4. The second kappa shape index (κ2) is 7.62. The Morgan fingerprint density at radius 2 is 1.97 bits per heavy atom. The molecule has 154 valence electrons. The summed E-state index contributed by atoms with van der Waals surface area (Å²) < 4.78 is 40.7. The number of aromatic nitrogens is 3. The number of carbonyl (C=O) groups excluding carboxylic acids is 2. The number of nitrogens with zero attached hydrogens (tertiary/aromatic N) is 3. The predicted molar refractivity (Wildman–Crippen MR) is 101 cm³/mol. The number of carbonyl (C=O) groups is 2. The molecule has 1 fully saturated rings. The Labute approximate surface area is 168 Å². The van der Waals surface area contributed by atoms with Gasteiger partial charge in [0.15, 0.2) is 0 Å². The van der Waals surface area contributed by atoms with Crippen molar-refractivity contribution in [2.75, 3.05) is 11.9 Å². The lowest BCUT2D eigenvalue weighted by molar-refractivity contribution is -0.137. The zero-order valence-electron chi connectivity index (χ0n) is 15.4. The second-order valence-corrected chi connectivity index (χ2v) is 6.80. The van der Waals surface area contributed by atoms with Crippen LogP contribution in [0.1, 0.15) is 17.0 Å².